The van der Waals surface area contributed by atoms with Gasteiger partial charge in [-0.15, -0.1) is 11.3 Å². The van der Waals surface area contributed by atoms with Crippen molar-refractivity contribution in [2.45, 2.75) is 13.3 Å². The normalized spacial score (nSPS) is 16.5. The summed E-state index contributed by atoms with van der Waals surface area (Å²) in [7, 11) is 0. The molecule has 1 aromatic carbocycles. The van der Waals surface area contributed by atoms with Gasteiger partial charge in [0.1, 0.15) is 0 Å². The van der Waals surface area contributed by atoms with E-state index < -0.39 is 17.7 Å². The molecule has 2 aliphatic rings. The molecule has 32 heavy (non-hydrogen) atoms. The molecule has 0 fully saturated rings. The minimum Gasteiger partial charge on any atom is -0.311 e. The van der Waals surface area contributed by atoms with Crippen LogP contribution in [0.15, 0.2) is 56.8 Å². The van der Waals surface area contributed by atoms with Crippen molar-refractivity contribution in [1.29, 1.82) is 0 Å². The van der Waals surface area contributed by atoms with Gasteiger partial charge in [-0.05, 0) is 29.5 Å². The third-order valence-electron chi connectivity index (χ3n) is 4.58. The number of nitrogens with zero attached hydrogens (tertiary/aromatic N) is 4. The first kappa shape index (κ1) is 21.8. The van der Waals surface area contributed by atoms with E-state index >= 15 is 0 Å². The van der Waals surface area contributed by atoms with Gasteiger partial charge in [-0.2, -0.15) is 9.98 Å². The number of thioether (sulfide) groups is 1. The van der Waals surface area contributed by atoms with E-state index in [1.807, 2.05) is 24.3 Å². The molecule has 3 heterocycles. The highest BCUT2D eigenvalue weighted by atomic mass is 32.2. The van der Waals surface area contributed by atoms with Crippen molar-refractivity contribution >= 4 is 69.1 Å². The molecule has 162 valence electrons. The Morgan fingerprint density at radius 3 is 2.75 bits per heavy atom. The van der Waals surface area contributed by atoms with Crippen LogP contribution in [0.4, 0.5) is 5.69 Å². The third kappa shape index (κ3) is 4.73. The van der Waals surface area contributed by atoms with Crippen LogP contribution in [0, 0.1) is 0 Å². The molecule has 4 amide bonds. The number of thiophene rings is 1. The topological polar surface area (TPSA) is 121 Å². The van der Waals surface area contributed by atoms with E-state index in [0.717, 1.165) is 29.4 Å². The van der Waals surface area contributed by atoms with Gasteiger partial charge in [0.05, 0.1) is 10.6 Å². The van der Waals surface area contributed by atoms with Crippen molar-refractivity contribution in [1.82, 2.24) is 5.32 Å². The Labute approximate surface area is 191 Å². The van der Waals surface area contributed by atoms with Gasteiger partial charge >= 0.3 is 5.91 Å². The summed E-state index contributed by atoms with van der Waals surface area (Å²) in [6.45, 7) is 1.84. The average molecular weight is 468 g/mol. The molecule has 2 aromatic rings. The van der Waals surface area contributed by atoms with E-state index in [2.05, 4.69) is 20.3 Å². The molecule has 0 radical (unpaired) electrons. The predicted molar refractivity (Wildman–Crippen MR) is 125 cm³/mol. The first-order valence-corrected chi connectivity index (χ1v) is 11.5. The summed E-state index contributed by atoms with van der Waals surface area (Å²) in [6.07, 6.45) is 0.787. The summed E-state index contributed by atoms with van der Waals surface area (Å²) >= 11 is 2.16. The maximum absolute atomic E-state index is 12.7. The number of fused-ring (bicyclic) bond motifs is 1. The molecule has 0 atom stereocenters. The van der Waals surface area contributed by atoms with Crippen molar-refractivity contribution in [2.75, 3.05) is 17.2 Å². The first-order valence-electron chi connectivity index (χ1n) is 9.59. The number of anilines is 1. The molecular weight excluding hydrogens is 450 g/mol. The summed E-state index contributed by atoms with van der Waals surface area (Å²) in [5.41, 5.74) is 1.64. The van der Waals surface area contributed by atoms with Crippen molar-refractivity contribution in [2.24, 2.45) is 15.0 Å². The van der Waals surface area contributed by atoms with E-state index in [1.165, 1.54) is 18.3 Å². The summed E-state index contributed by atoms with van der Waals surface area (Å²) in [4.78, 5) is 63.0. The quantitative estimate of drug-likeness (QED) is 0.741. The molecule has 2 aliphatic heterocycles. The van der Waals surface area contributed by atoms with Crippen LogP contribution in [0.5, 0.6) is 0 Å². The Kier molecular flexibility index (Phi) is 6.37. The lowest BCUT2D eigenvalue weighted by Crippen LogP contribution is -2.41. The maximum Gasteiger partial charge on any atom is 0.302 e. The highest BCUT2D eigenvalue weighted by molar-refractivity contribution is 8.14. The second-order valence-electron chi connectivity index (χ2n) is 6.80. The Morgan fingerprint density at radius 2 is 2.00 bits per heavy atom. The molecule has 0 spiro atoms. The van der Waals surface area contributed by atoms with Crippen LogP contribution in [-0.4, -0.2) is 52.6 Å². The van der Waals surface area contributed by atoms with Crippen molar-refractivity contribution in [3.8, 4) is 0 Å². The van der Waals surface area contributed by atoms with Gasteiger partial charge in [-0.3, -0.25) is 19.2 Å². The van der Waals surface area contributed by atoms with Crippen LogP contribution in [0.1, 0.15) is 22.2 Å². The monoisotopic (exact) mass is 467 g/mol. The summed E-state index contributed by atoms with van der Waals surface area (Å²) < 4.78 is 0. The minimum atomic E-state index is -0.810. The number of carbonyl (C=O) groups is 4. The van der Waals surface area contributed by atoms with Crippen LogP contribution in [-0.2, 0) is 20.8 Å². The Hall–Kier alpha value is -3.44. The molecule has 9 nitrogen and oxygen atoms in total. The smallest absolute Gasteiger partial charge is 0.302 e. The average Bonchev–Trinajstić information content (AvgIpc) is 3.44. The maximum atomic E-state index is 12.7. The molecule has 0 aliphatic carbocycles. The third-order valence-corrected chi connectivity index (χ3v) is 6.27. The number of hydrogen-bond donors (Lipinski definition) is 1. The lowest BCUT2D eigenvalue weighted by molar-refractivity contribution is -0.117. The van der Waals surface area contributed by atoms with Crippen LogP contribution in [0.3, 0.4) is 0 Å². The summed E-state index contributed by atoms with van der Waals surface area (Å²) in [6, 6.07) is 11.0. The number of hydrogen-bond acceptors (Lipinski definition) is 7. The predicted octanol–water partition coefficient (Wildman–Crippen LogP) is 2.08. The van der Waals surface area contributed by atoms with Gasteiger partial charge in [-0.1, -0.05) is 36.0 Å². The fourth-order valence-electron chi connectivity index (χ4n) is 3.19. The van der Waals surface area contributed by atoms with Crippen LogP contribution < -0.4 is 10.2 Å². The molecule has 4 rings (SSSR count). The molecule has 11 heteroatoms. The van der Waals surface area contributed by atoms with Crippen LogP contribution in [0.25, 0.3) is 0 Å². The van der Waals surface area contributed by atoms with Gasteiger partial charge in [0.25, 0.3) is 5.91 Å². The van der Waals surface area contributed by atoms with Gasteiger partial charge in [0.2, 0.25) is 11.8 Å². The summed E-state index contributed by atoms with van der Waals surface area (Å²) in [5.74, 6) is -2.21. The van der Waals surface area contributed by atoms with Crippen LogP contribution in [0.2, 0.25) is 0 Å². The number of rotatable bonds is 3. The SMILES string of the molecule is CC(=O)NC1=NC(SCC(=O)N2CCc3ccccc32)=NC(=O)C1=NC(=O)c1cccs1. The zero-order valence-corrected chi connectivity index (χ0v) is 18.5. The Bertz CT molecular complexity index is 1200. The number of amides is 4. The van der Waals surface area contributed by atoms with E-state index in [0.29, 0.717) is 11.4 Å². The second kappa shape index (κ2) is 9.37. The highest BCUT2D eigenvalue weighted by Gasteiger charge is 2.28. The molecule has 1 N–H and O–H groups in total. The Morgan fingerprint density at radius 1 is 1.19 bits per heavy atom. The fourth-order valence-corrected chi connectivity index (χ4v) is 4.51. The molecule has 0 saturated carbocycles. The largest absolute Gasteiger partial charge is 0.311 e. The van der Waals surface area contributed by atoms with Crippen molar-refractivity contribution in [3.05, 3.63) is 52.2 Å². The summed E-state index contributed by atoms with van der Waals surface area (Å²) in [5, 5.41) is 4.15. The standard InChI is InChI=1S/C21H17N5O4S2/c1-12(27)22-18-17(23-19(29)15-7-4-10-31-15)20(30)25-21(24-18)32-11-16(28)26-9-8-13-5-2-3-6-14(13)26/h2-7,10H,8-9,11H2,1H3,(H,22,24,25,27,30). The zero-order valence-electron chi connectivity index (χ0n) is 16.9. The van der Waals surface area contributed by atoms with E-state index in [4.69, 9.17) is 0 Å². The van der Waals surface area contributed by atoms with Crippen molar-refractivity contribution < 1.29 is 19.2 Å². The van der Waals surface area contributed by atoms with Crippen molar-refractivity contribution in [3.63, 3.8) is 0 Å². The minimum absolute atomic E-state index is 0.0118. The zero-order chi connectivity index (χ0) is 22.7. The molecule has 0 bridgehead atoms. The second-order valence-corrected chi connectivity index (χ2v) is 8.69. The number of amidine groups is 2. The van der Waals surface area contributed by atoms with Gasteiger partial charge in [0, 0.05) is 19.2 Å². The number of benzene rings is 1. The number of para-hydroxylation sites is 1. The van der Waals surface area contributed by atoms with Crippen LogP contribution >= 0.6 is 23.1 Å². The molecular formula is C21H17N5O4S2. The molecule has 0 saturated heterocycles. The Balaban J connectivity index is 1.49. The van der Waals surface area contributed by atoms with E-state index in [1.54, 1.807) is 22.4 Å². The van der Waals surface area contributed by atoms with E-state index in [9.17, 15) is 19.2 Å². The number of carbonyl (C=O) groups excluding carboxylic acids is 4. The van der Waals surface area contributed by atoms with Gasteiger partial charge < -0.3 is 10.2 Å². The lowest BCUT2D eigenvalue weighted by atomic mass is 10.2. The van der Waals surface area contributed by atoms with Gasteiger partial charge in [0.15, 0.2) is 16.7 Å². The lowest BCUT2D eigenvalue weighted by Gasteiger charge is -2.17. The first-order chi connectivity index (χ1) is 15.4. The fraction of sp³-hybridized carbons (Fsp3) is 0.190. The van der Waals surface area contributed by atoms with Gasteiger partial charge in [-0.25, -0.2) is 4.99 Å². The molecule has 1 aromatic heterocycles. The van der Waals surface area contributed by atoms with E-state index in [-0.39, 0.29) is 28.4 Å². The number of nitrogens with one attached hydrogen (secondary N) is 1. The molecule has 0 unspecified atom stereocenters. The number of aliphatic imine (C=N–C) groups is 3. The highest BCUT2D eigenvalue weighted by Crippen LogP contribution is 2.28.